The molecule has 0 aliphatic heterocycles. The Bertz CT molecular complexity index is 355. The van der Waals surface area contributed by atoms with Gasteiger partial charge >= 0.3 is 5.97 Å². The molecule has 0 saturated heterocycles. The van der Waals surface area contributed by atoms with E-state index >= 15 is 0 Å². The first-order valence-electron chi connectivity index (χ1n) is 3.77. The highest BCUT2D eigenvalue weighted by atomic mass is 16.4. The first kappa shape index (κ1) is 7.16. The second kappa shape index (κ2) is 2.24. The number of carboxylic acid groups (broad SMARTS) is 1. The molecule has 1 aromatic rings. The van der Waals surface area contributed by atoms with Gasteiger partial charge in [0.25, 0.3) is 0 Å². The van der Waals surface area contributed by atoms with Crippen molar-refractivity contribution in [3.05, 3.63) is 28.8 Å². The van der Waals surface area contributed by atoms with Gasteiger partial charge in [-0.2, -0.15) is 0 Å². The van der Waals surface area contributed by atoms with Gasteiger partial charge in [0.1, 0.15) is 5.75 Å². The fourth-order valence-corrected chi connectivity index (χ4v) is 1.52. The lowest BCUT2D eigenvalue weighted by Gasteiger charge is -2.21. The molecule has 0 fully saturated rings. The molecule has 1 aliphatic carbocycles. The van der Waals surface area contributed by atoms with Crippen LogP contribution in [-0.2, 0) is 12.8 Å². The van der Waals surface area contributed by atoms with Gasteiger partial charge in [-0.1, -0.05) is 0 Å². The summed E-state index contributed by atoms with van der Waals surface area (Å²) < 4.78 is 0. The summed E-state index contributed by atoms with van der Waals surface area (Å²) in [6, 6.07) is 2.90. The number of carbonyl (C=O) groups is 1. The van der Waals surface area contributed by atoms with Crippen LogP contribution in [0.3, 0.4) is 0 Å². The third-order valence-corrected chi connectivity index (χ3v) is 2.26. The van der Waals surface area contributed by atoms with E-state index in [9.17, 15) is 9.90 Å². The van der Waals surface area contributed by atoms with E-state index < -0.39 is 5.97 Å². The fraction of sp³-hybridized carbons (Fsp3) is 0.222. The zero-order valence-corrected chi connectivity index (χ0v) is 6.37. The average Bonchev–Trinajstić information content (AvgIpc) is 1.92. The quantitative estimate of drug-likeness (QED) is 0.655. The number of hydrogen-bond acceptors (Lipinski definition) is 2. The number of benzene rings is 1. The van der Waals surface area contributed by atoms with Crippen molar-refractivity contribution in [2.45, 2.75) is 12.8 Å². The van der Waals surface area contributed by atoms with Crippen LogP contribution >= 0.6 is 0 Å². The normalized spacial score (nSPS) is 13.3. The highest BCUT2D eigenvalue weighted by molar-refractivity contribution is 5.90. The summed E-state index contributed by atoms with van der Waals surface area (Å²) in [6.07, 6.45) is 1.56. The van der Waals surface area contributed by atoms with Crippen LogP contribution in [0.25, 0.3) is 0 Å². The molecule has 0 aromatic heterocycles. The topological polar surface area (TPSA) is 57.5 Å². The Hall–Kier alpha value is -1.51. The molecule has 3 nitrogen and oxygen atoms in total. The van der Waals surface area contributed by atoms with Crippen LogP contribution in [0.2, 0.25) is 0 Å². The summed E-state index contributed by atoms with van der Waals surface area (Å²) in [6.45, 7) is 0. The van der Waals surface area contributed by atoms with Gasteiger partial charge in [0, 0.05) is 0 Å². The van der Waals surface area contributed by atoms with E-state index in [-0.39, 0.29) is 5.75 Å². The van der Waals surface area contributed by atoms with E-state index in [0.717, 1.165) is 24.0 Å². The zero-order chi connectivity index (χ0) is 8.72. The number of rotatable bonds is 1. The Kier molecular flexibility index (Phi) is 1.33. The predicted molar refractivity (Wildman–Crippen MR) is 42.5 cm³/mol. The van der Waals surface area contributed by atoms with E-state index in [4.69, 9.17) is 5.11 Å². The SMILES string of the molecule is O=C(O)c1ccc(O)c2c1CC2. The fourth-order valence-electron chi connectivity index (χ4n) is 1.52. The summed E-state index contributed by atoms with van der Waals surface area (Å²) in [5, 5.41) is 18.0. The molecule has 0 amide bonds. The molecule has 12 heavy (non-hydrogen) atoms. The Morgan fingerprint density at radius 2 is 1.92 bits per heavy atom. The van der Waals surface area contributed by atoms with Crippen molar-refractivity contribution in [1.82, 2.24) is 0 Å². The van der Waals surface area contributed by atoms with Crippen molar-refractivity contribution < 1.29 is 15.0 Å². The number of phenols is 1. The Morgan fingerprint density at radius 1 is 1.25 bits per heavy atom. The largest absolute Gasteiger partial charge is 0.508 e. The van der Waals surface area contributed by atoms with Gasteiger partial charge < -0.3 is 10.2 Å². The molecule has 0 spiro atoms. The maximum absolute atomic E-state index is 10.6. The van der Waals surface area contributed by atoms with Crippen molar-refractivity contribution in [2.75, 3.05) is 0 Å². The molecule has 0 bridgehead atoms. The summed E-state index contributed by atoms with van der Waals surface area (Å²) in [5.74, 6) is -0.688. The Morgan fingerprint density at radius 3 is 2.42 bits per heavy atom. The van der Waals surface area contributed by atoms with E-state index in [0.29, 0.717) is 5.56 Å². The van der Waals surface area contributed by atoms with Crippen LogP contribution in [0.15, 0.2) is 12.1 Å². The zero-order valence-electron chi connectivity index (χ0n) is 6.37. The highest BCUT2D eigenvalue weighted by Crippen LogP contribution is 2.33. The highest BCUT2D eigenvalue weighted by Gasteiger charge is 2.23. The molecule has 2 N–H and O–H groups in total. The van der Waals surface area contributed by atoms with E-state index in [1.165, 1.54) is 12.1 Å². The van der Waals surface area contributed by atoms with E-state index in [1.807, 2.05) is 0 Å². The van der Waals surface area contributed by atoms with Gasteiger partial charge in [-0.3, -0.25) is 0 Å². The van der Waals surface area contributed by atoms with Gasteiger partial charge in [-0.05, 0) is 36.1 Å². The van der Waals surface area contributed by atoms with Gasteiger partial charge in [0.05, 0.1) is 5.56 Å². The number of aromatic hydroxyl groups is 1. The first-order chi connectivity index (χ1) is 5.70. The van der Waals surface area contributed by atoms with Crippen LogP contribution in [0, 0.1) is 0 Å². The van der Waals surface area contributed by atoms with Gasteiger partial charge in [0.2, 0.25) is 0 Å². The summed E-state index contributed by atoms with van der Waals surface area (Å²) >= 11 is 0. The van der Waals surface area contributed by atoms with Crippen molar-refractivity contribution in [2.24, 2.45) is 0 Å². The lowest BCUT2D eigenvalue weighted by Crippen LogP contribution is -2.15. The van der Waals surface area contributed by atoms with Crippen molar-refractivity contribution >= 4 is 5.97 Å². The Labute approximate surface area is 69.3 Å². The minimum atomic E-state index is -0.911. The summed E-state index contributed by atoms with van der Waals surface area (Å²) in [4.78, 5) is 10.6. The van der Waals surface area contributed by atoms with Crippen LogP contribution in [0.4, 0.5) is 0 Å². The van der Waals surface area contributed by atoms with Crippen molar-refractivity contribution in [1.29, 1.82) is 0 Å². The second-order valence-corrected chi connectivity index (χ2v) is 2.89. The summed E-state index contributed by atoms with van der Waals surface area (Å²) in [5.41, 5.74) is 1.92. The predicted octanol–water partition coefficient (Wildman–Crippen LogP) is 1.19. The van der Waals surface area contributed by atoms with Crippen molar-refractivity contribution in [3.8, 4) is 5.75 Å². The number of hydrogen-bond donors (Lipinski definition) is 2. The maximum Gasteiger partial charge on any atom is 0.335 e. The molecule has 1 aliphatic rings. The van der Waals surface area contributed by atoms with Crippen molar-refractivity contribution in [3.63, 3.8) is 0 Å². The molecule has 0 atom stereocenters. The maximum atomic E-state index is 10.6. The molecule has 0 unspecified atom stereocenters. The molecular weight excluding hydrogens is 156 g/mol. The standard InChI is InChI=1S/C9H8O3/c10-8-4-3-7(9(11)12)5-1-2-6(5)8/h3-4,10H,1-2H2,(H,11,12). The number of aromatic carboxylic acids is 1. The molecule has 1 aromatic carbocycles. The number of fused-ring (bicyclic) bond motifs is 1. The number of carboxylic acids is 1. The molecule has 0 radical (unpaired) electrons. The molecular formula is C9H8O3. The lowest BCUT2D eigenvalue weighted by molar-refractivity contribution is 0.0695. The molecule has 0 heterocycles. The molecule has 3 heteroatoms. The van der Waals surface area contributed by atoms with Gasteiger partial charge in [-0.15, -0.1) is 0 Å². The number of phenolic OH excluding ortho intramolecular Hbond substituents is 1. The second-order valence-electron chi connectivity index (χ2n) is 2.89. The minimum Gasteiger partial charge on any atom is -0.508 e. The van der Waals surface area contributed by atoms with E-state index in [1.54, 1.807) is 0 Å². The van der Waals surface area contributed by atoms with E-state index in [2.05, 4.69) is 0 Å². The average molecular weight is 164 g/mol. The molecule has 2 rings (SSSR count). The first-order valence-corrected chi connectivity index (χ1v) is 3.77. The Balaban J connectivity index is 2.60. The monoisotopic (exact) mass is 164 g/mol. The van der Waals surface area contributed by atoms with Gasteiger partial charge in [-0.25, -0.2) is 4.79 Å². The third kappa shape index (κ3) is 0.794. The minimum absolute atomic E-state index is 0.223. The molecule has 0 saturated carbocycles. The lowest BCUT2D eigenvalue weighted by atomic mass is 9.84. The molecule has 62 valence electrons. The van der Waals surface area contributed by atoms with Gasteiger partial charge in [0.15, 0.2) is 0 Å². The van der Waals surface area contributed by atoms with Crippen LogP contribution in [0.1, 0.15) is 21.5 Å². The van der Waals surface area contributed by atoms with Crippen LogP contribution in [0.5, 0.6) is 5.75 Å². The smallest absolute Gasteiger partial charge is 0.335 e. The summed E-state index contributed by atoms with van der Waals surface area (Å²) in [7, 11) is 0. The van der Waals surface area contributed by atoms with Crippen LogP contribution < -0.4 is 0 Å². The third-order valence-electron chi connectivity index (χ3n) is 2.26. The van der Waals surface area contributed by atoms with Crippen LogP contribution in [-0.4, -0.2) is 16.2 Å².